The zero-order chi connectivity index (χ0) is 15.5. The Morgan fingerprint density at radius 1 is 1.14 bits per heavy atom. The molecule has 0 aliphatic carbocycles. The minimum Gasteiger partial charge on any atom is -0.370 e. The molecule has 1 saturated heterocycles. The third-order valence-electron chi connectivity index (χ3n) is 3.89. The lowest BCUT2D eigenvalue weighted by Crippen LogP contribution is -2.42. The fraction of sp³-hybridized carbons (Fsp3) is 0.278. The number of benzene rings is 2. The Hall–Kier alpha value is -2.20. The van der Waals surface area contributed by atoms with Crippen molar-refractivity contribution in [3.63, 3.8) is 0 Å². The van der Waals surface area contributed by atoms with Gasteiger partial charge in [0.05, 0.1) is 13.2 Å². The summed E-state index contributed by atoms with van der Waals surface area (Å²) in [5.74, 6) is -0.262. The van der Waals surface area contributed by atoms with Crippen LogP contribution in [0.25, 0.3) is 0 Å². The summed E-state index contributed by atoms with van der Waals surface area (Å²) in [5, 5.41) is 0. The molecule has 22 heavy (non-hydrogen) atoms. The van der Waals surface area contributed by atoms with Crippen LogP contribution in [-0.4, -0.2) is 30.5 Å². The van der Waals surface area contributed by atoms with E-state index >= 15 is 0 Å². The van der Waals surface area contributed by atoms with Gasteiger partial charge in [-0.2, -0.15) is 0 Å². The molecule has 114 valence electrons. The maximum Gasteiger partial charge on any atom is 0.254 e. The molecule has 1 heterocycles. The fourth-order valence-corrected chi connectivity index (χ4v) is 2.59. The van der Waals surface area contributed by atoms with E-state index in [0.29, 0.717) is 25.3 Å². The number of nitrogens with zero attached hydrogens (tertiary/aromatic N) is 1. The van der Waals surface area contributed by atoms with Crippen LogP contribution in [0.15, 0.2) is 48.5 Å². The van der Waals surface area contributed by atoms with Crippen LogP contribution in [-0.2, 0) is 4.74 Å². The van der Waals surface area contributed by atoms with E-state index < -0.39 is 0 Å². The normalized spacial score (nSPS) is 18.3. The number of hydrogen-bond donors (Lipinski definition) is 0. The molecule has 0 radical (unpaired) electrons. The van der Waals surface area contributed by atoms with Gasteiger partial charge in [-0.1, -0.05) is 29.8 Å². The number of rotatable bonds is 2. The van der Waals surface area contributed by atoms with Gasteiger partial charge in [0.25, 0.3) is 5.91 Å². The van der Waals surface area contributed by atoms with Gasteiger partial charge in [0, 0.05) is 12.1 Å². The van der Waals surface area contributed by atoms with Crippen molar-refractivity contribution in [2.75, 3.05) is 19.7 Å². The number of morpholine rings is 1. The second-order valence-electron chi connectivity index (χ2n) is 5.53. The van der Waals surface area contributed by atoms with Gasteiger partial charge in [-0.15, -0.1) is 0 Å². The van der Waals surface area contributed by atoms with Gasteiger partial charge in [0.1, 0.15) is 11.9 Å². The summed E-state index contributed by atoms with van der Waals surface area (Å²) in [5.41, 5.74) is 2.70. The number of carbonyl (C=O) groups excluding carboxylic acids is 1. The number of aryl methyl sites for hydroxylation is 1. The molecule has 3 rings (SSSR count). The highest BCUT2D eigenvalue weighted by molar-refractivity contribution is 5.94. The van der Waals surface area contributed by atoms with E-state index in [1.165, 1.54) is 12.1 Å². The number of amides is 1. The number of hydrogen-bond acceptors (Lipinski definition) is 2. The molecule has 0 spiro atoms. The van der Waals surface area contributed by atoms with Crippen LogP contribution in [0.5, 0.6) is 0 Å². The molecule has 1 atom stereocenters. The summed E-state index contributed by atoms with van der Waals surface area (Å²) in [6.07, 6.45) is -0.205. The number of carbonyl (C=O) groups is 1. The topological polar surface area (TPSA) is 29.5 Å². The Labute approximate surface area is 129 Å². The minimum absolute atomic E-state index is 0.00964. The average molecular weight is 299 g/mol. The van der Waals surface area contributed by atoms with Crippen LogP contribution in [0, 0.1) is 12.7 Å². The maximum absolute atomic E-state index is 13.0. The second kappa shape index (κ2) is 6.28. The van der Waals surface area contributed by atoms with Crippen molar-refractivity contribution in [1.82, 2.24) is 4.90 Å². The zero-order valence-corrected chi connectivity index (χ0v) is 12.5. The summed E-state index contributed by atoms with van der Waals surface area (Å²) < 4.78 is 18.7. The molecule has 1 unspecified atom stereocenters. The van der Waals surface area contributed by atoms with E-state index in [1.807, 2.05) is 31.2 Å². The molecular formula is C18H18FNO2. The Morgan fingerprint density at radius 2 is 1.82 bits per heavy atom. The second-order valence-corrected chi connectivity index (χ2v) is 5.53. The largest absolute Gasteiger partial charge is 0.370 e. The Bertz CT molecular complexity index is 652. The van der Waals surface area contributed by atoms with Crippen LogP contribution in [0.1, 0.15) is 27.6 Å². The van der Waals surface area contributed by atoms with Crippen molar-refractivity contribution in [1.29, 1.82) is 0 Å². The quantitative estimate of drug-likeness (QED) is 0.851. The van der Waals surface area contributed by atoms with E-state index in [2.05, 4.69) is 0 Å². The predicted molar refractivity (Wildman–Crippen MR) is 82.2 cm³/mol. The Morgan fingerprint density at radius 3 is 2.50 bits per heavy atom. The summed E-state index contributed by atoms with van der Waals surface area (Å²) in [4.78, 5) is 14.3. The van der Waals surface area contributed by atoms with E-state index in [4.69, 9.17) is 4.74 Å². The van der Waals surface area contributed by atoms with Gasteiger partial charge < -0.3 is 9.64 Å². The number of ether oxygens (including phenoxy) is 1. The van der Waals surface area contributed by atoms with E-state index in [0.717, 1.165) is 11.1 Å². The van der Waals surface area contributed by atoms with Crippen LogP contribution in [0.3, 0.4) is 0 Å². The Kier molecular flexibility index (Phi) is 4.20. The lowest BCUT2D eigenvalue weighted by molar-refractivity contribution is -0.0228. The summed E-state index contributed by atoms with van der Waals surface area (Å²) >= 11 is 0. The van der Waals surface area contributed by atoms with Gasteiger partial charge in [0.2, 0.25) is 0 Å². The van der Waals surface area contributed by atoms with Crippen molar-refractivity contribution >= 4 is 5.91 Å². The van der Waals surface area contributed by atoms with Crippen molar-refractivity contribution in [2.24, 2.45) is 0 Å². The molecule has 3 nitrogen and oxygen atoms in total. The lowest BCUT2D eigenvalue weighted by atomic mass is 10.1. The first-order valence-corrected chi connectivity index (χ1v) is 7.36. The molecule has 1 fully saturated rings. The molecule has 1 aliphatic heterocycles. The molecule has 1 aliphatic rings. The first-order valence-electron chi connectivity index (χ1n) is 7.36. The van der Waals surface area contributed by atoms with Crippen LogP contribution >= 0.6 is 0 Å². The van der Waals surface area contributed by atoms with Crippen molar-refractivity contribution in [3.05, 3.63) is 71.0 Å². The van der Waals surface area contributed by atoms with Crippen LogP contribution in [0.4, 0.5) is 4.39 Å². The third kappa shape index (κ3) is 3.17. The number of halogens is 1. The first-order chi connectivity index (χ1) is 10.6. The molecule has 0 N–H and O–H groups in total. The summed E-state index contributed by atoms with van der Waals surface area (Å²) in [7, 11) is 0. The Balaban J connectivity index is 1.73. The fourth-order valence-electron chi connectivity index (χ4n) is 2.59. The van der Waals surface area contributed by atoms with E-state index in [1.54, 1.807) is 17.0 Å². The summed E-state index contributed by atoms with van der Waals surface area (Å²) in [6, 6.07) is 13.8. The SMILES string of the molecule is Cc1ccc(C(=O)N2CCOC(c3ccc(F)cc3)C2)cc1. The molecule has 0 aromatic heterocycles. The van der Waals surface area contributed by atoms with Gasteiger partial charge in [-0.25, -0.2) is 4.39 Å². The van der Waals surface area contributed by atoms with Gasteiger partial charge in [-0.3, -0.25) is 4.79 Å². The molecule has 0 bridgehead atoms. The highest BCUT2D eigenvalue weighted by Gasteiger charge is 2.26. The van der Waals surface area contributed by atoms with Crippen molar-refractivity contribution < 1.29 is 13.9 Å². The highest BCUT2D eigenvalue weighted by Crippen LogP contribution is 2.23. The average Bonchev–Trinajstić information content (AvgIpc) is 2.56. The monoisotopic (exact) mass is 299 g/mol. The van der Waals surface area contributed by atoms with Crippen molar-refractivity contribution in [3.8, 4) is 0 Å². The van der Waals surface area contributed by atoms with Gasteiger partial charge in [0.15, 0.2) is 0 Å². The van der Waals surface area contributed by atoms with Crippen LogP contribution in [0.2, 0.25) is 0 Å². The zero-order valence-electron chi connectivity index (χ0n) is 12.5. The molecule has 4 heteroatoms. The molecule has 2 aromatic carbocycles. The highest BCUT2D eigenvalue weighted by atomic mass is 19.1. The lowest BCUT2D eigenvalue weighted by Gasteiger charge is -2.33. The molecule has 1 amide bonds. The van der Waals surface area contributed by atoms with Gasteiger partial charge >= 0.3 is 0 Å². The van der Waals surface area contributed by atoms with Crippen molar-refractivity contribution in [2.45, 2.75) is 13.0 Å². The van der Waals surface area contributed by atoms with Gasteiger partial charge in [-0.05, 0) is 36.8 Å². The predicted octanol–water partition coefficient (Wildman–Crippen LogP) is 3.35. The molecule has 0 saturated carbocycles. The standard InChI is InChI=1S/C18H18FNO2/c1-13-2-4-15(5-3-13)18(21)20-10-11-22-17(12-20)14-6-8-16(19)9-7-14/h2-9,17H,10-12H2,1H3. The molecular weight excluding hydrogens is 281 g/mol. The smallest absolute Gasteiger partial charge is 0.254 e. The maximum atomic E-state index is 13.0. The first kappa shape index (κ1) is 14.7. The van der Waals surface area contributed by atoms with E-state index in [9.17, 15) is 9.18 Å². The minimum atomic E-state index is -0.271. The molecule has 2 aromatic rings. The third-order valence-corrected chi connectivity index (χ3v) is 3.89. The van der Waals surface area contributed by atoms with Crippen LogP contribution < -0.4 is 0 Å². The summed E-state index contributed by atoms with van der Waals surface area (Å²) in [6.45, 7) is 3.54. The van der Waals surface area contributed by atoms with E-state index in [-0.39, 0.29) is 17.8 Å².